The molecule has 0 aliphatic carbocycles. The number of carbonyl (C=O) groups excluding carboxylic acids is 2. The number of carbonyl (C=O) groups is 2. The molecule has 28 heavy (non-hydrogen) atoms. The first kappa shape index (κ1) is 18.9. The van der Waals surface area contributed by atoms with E-state index in [4.69, 9.17) is 9.47 Å². The highest BCUT2D eigenvalue weighted by atomic mass is 16.5. The van der Waals surface area contributed by atoms with Crippen molar-refractivity contribution in [3.63, 3.8) is 0 Å². The fraction of sp³-hybridized carbons (Fsp3) is 0. The van der Waals surface area contributed by atoms with Crippen molar-refractivity contribution in [3.8, 4) is 0 Å². The molecule has 0 saturated carbocycles. The Balaban J connectivity index is 1.66. The van der Waals surface area contributed by atoms with Crippen LogP contribution in [0.2, 0.25) is 0 Å². The van der Waals surface area contributed by atoms with Gasteiger partial charge < -0.3 is 9.47 Å². The first-order valence-electron chi connectivity index (χ1n) is 8.68. The topological polar surface area (TPSA) is 52.6 Å². The van der Waals surface area contributed by atoms with Gasteiger partial charge in [0.25, 0.3) is 0 Å². The summed E-state index contributed by atoms with van der Waals surface area (Å²) in [5.74, 6) is -1.27. The Bertz CT molecular complexity index is 907. The summed E-state index contributed by atoms with van der Waals surface area (Å²) in [5.41, 5.74) is 2.07. The molecule has 0 aromatic heterocycles. The van der Waals surface area contributed by atoms with Gasteiger partial charge in [-0.15, -0.1) is 0 Å². The summed E-state index contributed by atoms with van der Waals surface area (Å²) in [6.07, 6.45) is 5.94. The molecule has 0 fully saturated rings. The quantitative estimate of drug-likeness (QED) is 0.434. The molecule has 0 amide bonds. The third-order valence-electron chi connectivity index (χ3n) is 3.84. The van der Waals surface area contributed by atoms with Crippen LogP contribution in [-0.4, -0.2) is 11.9 Å². The fourth-order valence-corrected chi connectivity index (χ4v) is 2.44. The van der Waals surface area contributed by atoms with E-state index >= 15 is 0 Å². The second-order valence-electron chi connectivity index (χ2n) is 5.78. The average Bonchev–Trinajstić information content (AvgIpc) is 2.75. The highest BCUT2D eigenvalue weighted by Crippen LogP contribution is 2.13. The lowest BCUT2D eigenvalue weighted by molar-refractivity contribution is 0.0621. The molecule has 0 aliphatic rings. The van der Waals surface area contributed by atoms with E-state index in [0.29, 0.717) is 0 Å². The molecule has 0 spiro atoms. The number of ether oxygens (including phenoxy) is 2. The van der Waals surface area contributed by atoms with Gasteiger partial charge in [0.05, 0.1) is 23.7 Å². The largest absolute Gasteiger partial charge is 0.431 e. The van der Waals surface area contributed by atoms with Crippen LogP contribution in [0.3, 0.4) is 0 Å². The van der Waals surface area contributed by atoms with Crippen LogP contribution in [0.15, 0.2) is 97.5 Å². The van der Waals surface area contributed by atoms with Gasteiger partial charge in [0.2, 0.25) is 0 Å². The lowest BCUT2D eigenvalue weighted by Gasteiger charge is -2.06. The van der Waals surface area contributed by atoms with Crippen molar-refractivity contribution in [3.05, 3.63) is 120 Å². The molecule has 4 heteroatoms. The number of rotatable bonds is 6. The van der Waals surface area contributed by atoms with Crippen LogP contribution in [-0.2, 0) is 9.47 Å². The fourth-order valence-electron chi connectivity index (χ4n) is 2.44. The maximum atomic E-state index is 12.4. The van der Waals surface area contributed by atoms with Crippen molar-refractivity contribution < 1.29 is 19.1 Å². The van der Waals surface area contributed by atoms with Gasteiger partial charge in [-0.25, -0.2) is 9.59 Å². The summed E-state index contributed by atoms with van der Waals surface area (Å²) in [7, 11) is 0. The van der Waals surface area contributed by atoms with E-state index in [-0.39, 0.29) is 11.1 Å². The Hall–Kier alpha value is -3.92. The Morgan fingerprint density at radius 1 is 0.536 bits per heavy atom. The molecule has 0 N–H and O–H groups in total. The summed E-state index contributed by atoms with van der Waals surface area (Å²) in [6.45, 7) is 0. The molecule has 0 atom stereocenters. The maximum Gasteiger partial charge on any atom is 0.343 e. The van der Waals surface area contributed by atoms with Crippen molar-refractivity contribution in [2.75, 3.05) is 0 Å². The molecule has 138 valence electrons. The van der Waals surface area contributed by atoms with E-state index in [1.807, 2.05) is 60.7 Å². The van der Waals surface area contributed by atoms with Crippen LogP contribution in [0.4, 0.5) is 0 Å². The summed E-state index contributed by atoms with van der Waals surface area (Å²) < 4.78 is 10.3. The summed E-state index contributed by atoms with van der Waals surface area (Å²) in [4.78, 5) is 24.7. The van der Waals surface area contributed by atoms with Gasteiger partial charge in [0, 0.05) is 0 Å². The summed E-state index contributed by atoms with van der Waals surface area (Å²) >= 11 is 0. The molecular weight excluding hydrogens is 352 g/mol. The Morgan fingerprint density at radius 2 is 0.893 bits per heavy atom. The molecule has 3 rings (SSSR count). The normalized spacial score (nSPS) is 10.9. The highest BCUT2D eigenvalue weighted by Gasteiger charge is 2.18. The SMILES string of the molecule is O=C(OC=Cc1ccccc1)c1ccccc1C(=O)OC=Cc1ccccc1. The Morgan fingerprint density at radius 3 is 1.29 bits per heavy atom. The lowest BCUT2D eigenvalue weighted by atomic mass is 10.1. The van der Waals surface area contributed by atoms with E-state index in [2.05, 4.69) is 0 Å². The molecule has 0 aliphatic heterocycles. The van der Waals surface area contributed by atoms with Gasteiger partial charge >= 0.3 is 11.9 Å². The van der Waals surface area contributed by atoms with Gasteiger partial charge in [-0.3, -0.25) is 0 Å². The minimum atomic E-state index is -0.633. The molecule has 3 aromatic carbocycles. The zero-order chi connectivity index (χ0) is 19.6. The predicted octanol–water partition coefficient (Wildman–Crippen LogP) is 5.34. The number of hydrogen-bond acceptors (Lipinski definition) is 4. The molecule has 0 saturated heterocycles. The molecule has 0 heterocycles. The van der Waals surface area contributed by atoms with Crippen LogP contribution >= 0.6 is 0 Å². The van der Waals surface area contributed by atoms with E-state index in [1.165, 1.54) is 24.7 Å². The Kier molecular flexibility index (Phi) is 6.53. The monoisotopic (exact) mass is 370 g/mol. The predicted molar refractivity (Wildman–Crippen MR) is 108 cm³/mol. The third-order valence-corrected chi connectivity index (χ3v) is 3.84. The molecular formula is C24H18O4. The van der Waals surface area contributed by atoms with E-state index in [9.17, 15) is 9.59 Å². The number of esters is 2. The molecule has 4 nitrogen and oxygen atoms in total. The van der Waals surface area contributed by atoms with E-state index < -0.39 is 11.9 Å². The van der Waals surface area contributed by atoms with Crippen molar-refractivity contribution >= 4 is 24.1 Å². The minimum Gasteiger partial charge on any atom is -0.431 e. The van der Waals surface area contributed by atoms with Gasteiger partial charge in [-0.05, 0) is 35.4 Å². The summed E-state index contributed by atoms with van der Waals surface area (Å²) in [5, 5.41) is 0. The third kappa shape index (κ3) is 5.29. The van der Waals surface area contributed by atoms with Gasteiger partial charge in [0.15, 0.2) is 0 Å². The average molecular weight is 370 g/mol. The van der Waals surface area contributed by atoms with Crippen LogP contribution in [0, 0.1) is 0 Å². The molecule has 0 unspecified atom stereocenters. The van der Waals surface area contributed by atoms with Crippen molar-refractivity contribution in [2.45, 2.75) is 0 Å². The zero-order valence-electron chi connectivity index (χ0n) is 15.0. The Labute approximate surface area is 163 Å². The highest BCUT2D eigenvalue weighted by molar-refractivity contribution is 6.03. The first-order chi connectivity index (χ1) is 13.7. The zero-order valence-corrected chi connectivity index (χ0v) is 15.0. The van der Waals surface area contributed by atoms with Crippen molar-refractivity contribution in [1.29, 1.82) is 0 Å². The van der Waals surface area contributed by atoms with Crippen LogP contribution < -0.4 is 0 Å². The summed E-state index contributed by atoms with van der Waals surface area (Å²) in [6, 6.07) is 25.2. The molecule has 3 aromatic rings. The van der Waals surface area contributed by atoms with Crippen LogP contribution in [0.25, 0.3) is 12.2 Å². The minimum absolute atomic E-state index is 0.137. The molecule has 0 bridgehead atoms. The van der Waals surface area contributed by atoms with Crippen LogP contribution in [0.1, 0.15) is 31.8 Å². The van der Waals surface area contributed by atoms with E-state index in [0.717, 1.165) is 11.1 Å². The van der Waals surface area contributed by atoms with Gasteiger partial charge in [-0.2, -0.15) is 0 Å². The number of benzene rings is 3. The second kappa shape index (κ2) is 9.69. The lowest BCUT2D eigenvalue weighted by Crippen LogP contribution is -2.10. The van der Waals surface area contributed by atoms with Crippen molar-refractivity contribution in [1.82, 2.24) is 0 Å². The van der Waals surface area contributed by atoms with Crippen molar-refractivity contribution in [2.24, 2.45) is 0 Å². The van der Waals surface area contributed by atoms with Gasteiger partial charge in [-0.1, -0.05) is 72.8 Å². The number of hydrogen-bond donors (Lipinski definition) is 0. The smallest absolute Gasteiger partial charge is 0.343 e. The second-order valence-corrected chi connectivity index (χ2v) is 5.78. The maximum absolute atomic E-state index is 12.4. The first-order valence-corrected chi connectivity index (χ1v) is 8.68. The van der Waals surface area contributed by atoms with E-state index in [1.54, 1.807) is 24.3 Å². The van der Waals surface area contributed by atoms with Crippen LogP contribution in [0.5, 0.6) is 0 Å². The standard InChI is InChI=1S/C24H18O4/c25-23(27-17-15-19-9-3-1-4-10-19)21-13-7-8-14-22(21)24(26)28-18-16-20-11-5-2-6-12-20/h1-18H. The van der Waals surface area contributed by atoms with Gasteiger partial charge in [0.1, 0.15) is 0 Å². The molecule has 0 radical (unpaired) electrons.